The lowest BCUT2D eigenvalue weighted by Gasteiger charge is -2.39. The van der Waals surface area contributed by atoms with E-state index in [1.165, 1.54) is 6.92 Å². The van der Waals surface area contributed by atoms with Crippen LogP contribution in [0.15, 0.2) is 60.7 Å². The monoisotopic (exact) mass is 456 g/mol. The van der Waals surface area contributed by atoms with Crippen molar-refractivity contribution in [1.29, 1.82) is 0 Å². The van der Waals surface area contributed by atoms with Crippen LogP contribution in [0.1, 0.15) is 36.7 Å². The Morgan fingerprint density at radius 2 is 1.67 bits per heavy atom. The van der Waals surface area contributed by atoms with Gasteiger partial charge in [-0.05, 0) is 31.5 Å². The molecule has 2 aromatic carbocycles. The first kappa shape index (κ1) is 24.6. The average Bonchev–Trinajstić information content (AvgIpc) is 2.79. The largest absolute Gasteiger partial charge is 0.456 e. The van der Waals surface area contributed by atoms with Crippen LogP contribution in [0, 0.1) is 0 Å². The zero-order chi connectivity index (χ0) is 23.8. The number of Topliss-reactive ketones (excluding diaryl/α,β-unsaturated/α-hetero) is 1. The smallest absolute Gasteiger partial charge is 0.338 e. The van der Waals surface area contributed by atoms with E-state index in [0.29, 0.717) is 0 Å². The van der Waals surface area contributed by atoms with Crippen molar-refractivity contribution in [3.05, 3.63) is 71.8 Å². The van der Waals surface area contributed by atoms with Crippen LogP contribution < -0.4 is 0 Å². The molecule has 0 saturated carbocycles. The molecule has 0 aromatic heterocycles. The first-order chi connectivity index (χ1) is 15.7. The zero-order valence-electron chi connectivity index (χ0n) is 18.9. The molecule has 0 N–H and O–H groups in total. The highest BCUT2D eigenvalue weighted by atomic mass is 16.7. The summed E-state index contributed by atoms with van der Waals surface area (Å²) in [5, 5.41) is 0. The van der Waals surface area contributed by atoms with Crippen LogP contribution in [-0.2, 0) is 39.9 Å². The molecule has 1 fully saturated rings. The molecule has 3 rings (SSSR count). The molecule has 33 heavy (non-hydrogen) atoms. The summed E-state index contributed by atoms with van der Waals surface area (Å²) in [4.78, 5) is 37.4. The summed E-state index contributed by atoms with van der Waals surface area (Å²) in [5.74, 6) is -2.81. The summed E-state index contributed by atoms with van der Waals surface area (Å²) < 4.78 is 28.1. The Morgan fingerprint density at radius 3 is 2.30 bits per heavy atom. The fourth-order valence-corrected chi connectivity index (χ4v) is 3.36. The Bertz CT molecular complexity index is 941. The molecule has 1 heterocycles. The van der Waals surface area contributed by atoms with Crippen LogP contribution in [0.25, 0.3) is 0 Å². The van der Waals surface area contributed by atoms with E-state index in [0.717, 1.165) is 5.56 Å². The molecule has 0 spiro atoms. The number of benzene rings is 2. The topological polar surface area (TPSA) is 97.4 Å². The molecule has 0 radical (unpaired) electrons. The Balaban J connectivity index is 1.84. The highest BCUT2D eigenvalue weighted by Gasteiger charge is 2.46. The molecule has 1 aliphatic rings. The van der Waals surface area contributed by atoms with Crippen molar-refractivity contribution in [2.24, 2.45) is 0 Å². The molecule has 8 heteroatoms. The third-order valence-electron chi connectivity index (χ3n) is 4.92. The molecule has 0 bridgehead atoms. The highest BCUT2D eigenvalue weighted by molar-refractivity contribution is 5.90. The first-order valence-electron chi connectivity index (χ1n) is 10.6. The first-order valence-corrected chi connectivity index (χ1v) is 10.6. The molecule has 0 amide bonds. The summed E-state index contributed by atoms with van der Waals surface area (Å²) in [6.45, 7) is 4.43. The van der Waals surface area contributed by atoms with Gasteiger partial charge in [0.15, 0.2) is 29.9 Å². The van der Waals surface area contributed by atoms with Crippen molar-refractivity contribution in [2.75, 3.05) is 13.2 Å². The number of ether oxygens (including phenoxy) is 5. The Morgan fingerprint density at radius 1 is 1.03 bits per heavy atom. The molecule has 8 nitrogen and oxygen atoms in total. The molecular formula is C25H28O8. The number of hydrogen-bond acceptors (Lipinski definition) is 8. The van der Waals surface area contributed by atoms with E-state index in [9.17, 15) is 14.4 Å². The average molecular weight is 456 g/mol. The maximum absolute atomic E-state index is 12.8. The number of carbonyl (C=O) groups is 3. The number of esters is 2. The summed E-state index contributed by atoms with van der Waals surface area (Å²) in [5.41, 5.74) is 1.20. The molecule has 1 saturated heterocycles. The van der Waals surface area contributed by atoms with Crippen LogP contribution in [0.3, 0.4) is 0 Å². The number of rotatable bonds is 9. The van der Waals surface area contributed by atoms with Crippen LogP contribution in [0.5, 0.6) is 0 Å². The van der Waals surface area contributed by atoms with E-state index < -0.39 is 41.8 Å². The predicted molar refractivity (Wildman–Crippen MR) is 117 cm³/mol. The molecular weight excluding hydrogens is 428 g/mol. The third kappa shape index (κ3) is 7.21. The van der Waals surface area contributed by atoms with Gasteiger partial charge in [-0.2, -0.15) is 0 Å². The lowest BCUT2D eigenvalue weighted by molar-refractivity contribution is -0.277. The Labute approximate surface area is 192 Å². The fourth-order valence-electron chi connectivity index (χ4n) is 3.36. The summed E-state index contributed by atoms with van der Waals surface area (Å²) in [6, 6.07) is 17.7. The summed E-state index contributed by atoms with van der Waals surface area (Å²) >= 11 is 0. The van der Waals surface area contributed by atoms with Gasteiger partial charge in [0, 0.05) is 6.92 Å². The second-order valence-electron chi connectivity index (χ2n) is 8.08. The van der Waals surface area contributed by atoms with Crippen molar-refractivity contribution in [1.82, 2.24) is 0 Å². The van der Waals surface area contributed by atoms with Crippen molar-refractivity contribution in [3.63, 3.8) is 0 Å². The van der Waals surface area contributed by atoms with E-state index in [-0.39, 0.29) is 25.4 Å². The zero-order valence-corrected chi connectivity index (χ0v) is 18.9. The Kier molecular flexibility index (Phi) is 8.32. The van der Waals surface area contributed by atoms with E-state index in [4.69, 9.17) is 23.7 Å². The molecule has 0 unspecified atom stereocenters. The number of hydrogen-bond donors (Lipinski definition) is 0. The van der Waals surface area contributed by atoms with Crippen LogP contribution in [-0.4, -0.2) is 55.0 Å². The van der Waals surface area contributed by atoms with Crippen LogP contribution >= 0.6 is 0 Å². The summed E-state index contributed by atoms with van der Waals surface area (Å²) in [6.07, 6.45) is -3.53. The second-order valence-corrected chi connectivity index (χ2v) is 8.08. The molecule has 176 valence electrons. The quantitative estimate of drug-likeness (QED) is 0.531. The predicted octanol–water partition coefficient (Wildman–Crippen LogP) is 3.08. The third-order valence-corrected chi connectivity index (χ3v) is 4.92. The second kappa shape index (κ2) is 11.2. The van der Waals surface area contributed by atoms with E-state index in [2.05, 4.69) is 0 Å². The van der Waals surface area contributed by atoms with E-state index >= 15 is 0 Å². The van der Waals surface area contributed by atoms with Gasteiger partial charge in [0.05, 0.1) is 18.8 Å². The summed E-state index contributed by atoms with van der Waals surface area (Å²) in [7, 11) is 0. The van der Waals surface area contributed by atoms with E-state index in [1.807, 2.05) is 30.3 Å². The SMILES string of the molecule is CC(=O)O[C@@H](COCc1ccccc1)[C@H](OC(=O)c1ccccc1)[C@@H]1OC(C)(C)OCC1=O. The maximum Gasteiger partial charge on any atom is 0.338 e. The normalized spacial score (nSPS) is 19.4. The van der Waals surface area contributed by atoms with Gasteiger partial charge in [0.1, 0.15) is 6.61 Å². The minimum absolute atomic E-state index is 0.115. The lowest BCUT2D eigenvalue weighted by Crippen LogP contribution is -2.57. The molecule has 1 aliphatic heterocycles. The minimum Gasteiger partial charge on any atom is -0.456 e. The van der Waals surface area contributed by atoms with Gasteiger partial charge in [0.2, 0.25) is 0 Å². The van der Waals surface area contributed by atoms with Crippen molar-refractivity contribution >= 4 is 17.7 Å². The number of carbonyl (C=O) groups excluding carboxylic acids is 3. The van der Waals surface area contributed by atoms with Gasteiger partial charge in [-0.15, -0.1) is 0 Å². The lowest BCUT2D eigenvalue weighted by atomic mass is 10.0. The number of ketones is 1. The van der Waals surface area contributed by atoms with Crippen molar-refractivity contribution in [3.8, 4) is 0 Å². The molecule has 2 aromatic rings. The van der Waals surface area contributed by atoms with Crippen molar-refractivity contribution < 1.29 is 38.1 Å². The van der Waals surface area contributed by atoms with Crippen LogP contribution in [0.4, 0.5) is 0 Å². The van der Waals surface area contributed by atoms with Gasteiger partial charge in [-0.3, -0.25) is 9.59 Å². The fraction of sp³-hybridized carbons (Fsp3) is 0.400. The van der Waals surface area contributed by atoms with Crippen molar-refractivity contribution in [2.45, 2.75) is 51.5 Å². The maximum atomic E-state index is 12.8. The van der Waals surface area contributed by atoms with Gasteiger partial charge in [-0.1, -0.05) is 48.5 Å². The van der Waals surface area contributed by atoms with Gasteiger partial charge >= 0.3 is 11.9 Å². The molecule has 3 atom stereocenters. The van der Waals surface area contributed by atoms with Gasteiger partial charge in [-0.25, -0.2) is 4.79 Å². The van der Waals surface area contributed by atoms with Gasteiger partial charge < -0.3 is 23.7 Å². The highest BCUT2D eigenvalue weighted by Crippen LogP contribution is 2.26. The Hall–Kier alpha value is -3.07. The standard InChI is InChI=1S/C25H28O8/c1-17(26)31-21(16-29-14-18-10-6-4-7-11-18)23(22-20(27)15-30-25(2,3)33-22)32-24(28)19-12-8-5-9-13-19/h4-13,21-23H,14-16H2,1-3H3/t21-,22+,23-/m0/s1. The van der Waals surface area contributed by atoms with E-state index in [1.54, 1.807) is 44.2 Å². The molecule has 0 aliphatic carbocycles. The van der Waals surface area contributed by atoms with Crippen LogP contribution in [0.2, 0.25) is 0 Å². The van der Waals surface area contributed by atoms with Gasteiger partial charge in [0.25, 0.3) is 0 Å². The minimum atomic E-state index is -1.24.